The lowest BCUT2D eigenvalue weighted by atomic mass is 10.2. The molecule has 0 amide bonds. The molecule has 0 N–H and O–H groups in total. The molecule has 0 unspecified atom stereocenters. The molecule has 7 heteroatoms. The van der Waals surface area contributed by atoms with E-state index in [-0.39, 0.29) is 5.78 Å². The van der Waals surface area contributed by atoms with Crippen molar-refractivity contribution in [3.8, 4) is 0 Å². The summed E-state index contributed by atoms with van der Waals surface area (Å²) >= 11 is 1.42. The summed E-state index contributed by atoms with van der Waals surface area (Å²) < 4.78 is 3.79. The molecule has 0 bridgehead atoms. The van der Waals surface area contributed by atoms with Crippen molar-refractivity contribution in [1.29, 1.82) is 0 Å². The average molecular weight is 341 g/mol. The Labute approximate surface area is 144 Å². The number of nitrogens with zero attached hydrogens (tertiary/aromatic N) is 5. The zero-order valence-electron chi connectivity index (χ0n) is 14.0. The van der Waals surface area contributed by atoms with Crippen LogP contribution in [0, 0.1) is 13.8 Å². The van der Waals surface area contributed by atoms with Crippen LogP contribution in [0.15, 0.2) is 36.3 Å². The predicted molar refractivity (Wildman–Crippen MR) is 95.5 cm³/mol. The van der Waals surface area contributed by atoms with Gasteiger partial charge < -0.3 is 4.57 Å². The van der Waals surface area contributed by atoms with Gasteiger partial charge >= 0.3 is 0 Å². The van der Waals surface area contributed by atoms with E-state index in [0.717, 1.165) is 33.0 Å². The van der Waals surface area contributed by atoms with E-state index in [9.17, 15) is 4.79 Å². The second kappa shape index (κ2) is 6.60. The number of fused-ring (bicyclic) bond motifs is 1. The topological polar surface area (TPSA) is 65.6 Å². The molecule has 24 heavy (non-hydrogen) atoms. The molecule has 3 aromatic rings. The van der Waals surface area contributed by atoms with Gasteiger partial charge in [0.2, 0.25) is 0 Å². The molecule has 3 aromatic heterocycles. The molecule has 0 radical (unpaired) electrons. The summed E-state index contributed by atoms with van der Waals surface area (Å²) in [5.41, 5.74) is 3.58. The second-order valence-corrected chi connectivity index (χ2v) is 6.54. The zero-order chi connectivity index (χ0) is 17.3. The number of Topliss-reactive ketones (excluding diaryl/α,β-unsaturated/α-hetero) is 1. The van der Waals surface area contributed by atoms with Crippen molar-refractivity contribution in [3.63, 3.8) is 0 Å². The first-order valence-electron chi connectivity index (χ1n) is 7.59. The molecule has 0 saturated heterocycles. The molecule has 3 rings (SSSR count). The molecule has 3 heterocycles. The molecule has 6 nitrogen and oxygen atoms in total. The molecule has 124 valence electrons. The molecule has 0 aliphatic rings. The van der Waals surface area contributed by atoms with Crippen molar-refractivity contribution in [2.45, 2.75) is 25.4 Å². The van der Waals surface area contributed by atoms with E-state index in [2.05, 4.69) is 26.2 Å². The lowest BCUT2D eigenvalue weighted by molar-refractivity contribution is 0.102. The van der Waals surface area contributed by atoms with Crippen LogP contribution in [0.25, 0.3) is 11.0 Å². The Kier molecular flexibility index (Phi) is 4.53. The molecular weight excluding hydrogens is 322 g/mol. The number of aryl methyl sites for hydroxylation is 2. The van der Waals surface area contributed by atoms with E-state index < -0.39 is 0 Å². The van der Waals surface area contributed by atoms with E-state index in [4.69, 9.17) is 0 Å². The smallest absolute Gasteiger partial charge is 0.174 e. The van der Waals surface area contributed by atoms with Gasteiger partial charge in [-0.3, -0.25) is 9.48 Å². The van der Waals surface area contributed by atoms with Crippen LogP contribution >= 0.6 is 11.8 Å². The Morgan fingerprint density at radius 1 is 1.38 bits per heavy atom. The highest BCUT2D eigenvalue weighted by molar-refractivity contribution is 8.00. The minimum absolute atomic E-state index is 0.0964. The molecule has 0 spiro atoms. The minimum atomic E-state index is 0.0964. The number of carbonyl (C=O) groups excluding carboxylic acids is 1. The summed E-state index contributed by atoms with van der Waals surface area (Å²) in [5.74, 6) is 0.429. The van der Waals surface area contributed by atoms with Crippen molar-refractivity contribution in [1.82, 2.24) is 24.3 Å². The summed E-state index contributed by atoms with van der Waals surface area (Å²) in [7, 11) is 1.84. The fourth-order valence-electron chi connectivity index (χ4n) is 2.76. The standard InChI is InChI=1S/C17H19N5OS/c1-5-6-22-11(2)7-13(12(22)3)15(23)9-24-17-14-8-20-21(4)16(14)18-10-19-17/h5,7-8,10H,1,6,9H2,2-4H3. The number of rotatable bonds is 6. The lowest BCUT2D eigenvalue weighted by Crippen LogP contribution is -2.06. The van der Waals surface area contributed by atoms with Gasteiger partial charge in [0.1, 0.15) is 11.4 Å². The summed E-state index contributed by atoms with van der Waals surface area (Å²) in [6.07, 6.45) is 5.08. The van der Waals surface area contributed by atoms with Gasteiger partial charge in [-0.1, -0.05) is 17.8 Å². The van der Waals surface area contributed by atoms with Crippen LogP contribution in [0.1, 0.15) is 21.7 Å². The third-order valence-corrected chi connectivity index (χ3v) is 5.02. The fourth-order valence-corrected chi connectivity index (χ4v) is 3.61. The maximum Gasteiger partial charge on any atom is 0.174 e. The molecule has 0 aromatic carbocycles. The normalized spacial score (nSPS) is 11.1. The van der Waals surface area contributed by atoms with Crippen LogP contribution in [0.3, 0.4) is 0 Å². The van der Waals surface area contributed by atoms with Crippen LogP contribution in [0.5, 0.6) is 0 Å². The van der Waals surface area contributed by atoms with E-state index >= 15 is 0 Å². The highest BCUT2D eigenvalue weighted by Gasteiger charge is 2.17. The highest BCUT2D eigenvalue weighted by Crippen LogP contribution is 2.25. The zero-order valence-corrected chi connectivity index (χ0v) is 14.8. The maximum atomic E-state index is 12.6. The number of carbonyl (C=O) groups is 1. The first kappa shape index (κ1) is 16.4. The molecule has 0 fully saturated rings. The summed E-state index contributed by atoms with van der Waals surface area (Å²) in [5, 5.41) is 5.84. The van der Waals surface area contributed by atoms with E-state index in [1.807, 2.05) is 33.0 Å². The molecule has 0 saturated carbocycles. The van der Waals surface area contributed by atoms with Crippen LogP contribution in [0.2, 0.25) is 0 Å². The predicted octanol–water partition coefficient (Wildman–Crippen LogP) is 2.94. The monoisotopic (exact) mass is 341 g/mol. The SMILES string of the molecule is C=CCn1c(C)cc(C(=O)CSc2ncnc3c2cnn3C)c1C. The number of thioether (sulfide) groups is 1. The highest BCUT2D eigenvalue weighted by atomic mass is 32.2. The Hall–Kier alpha value is -2.41. The Bertz CT molecular complexity index is 925. The van der Waals surface area contributed by atoms with Gasteiger partial charge in [0, 0.05) is 30.5 Å². The van der Waals surface area contributed by atoms with Crippen molar-refractivity contribution >= 4 is 28.6 Å². The number of hydrogen-bond donors (Lipinski definition) is 0. The summed E-state index contributed by atoms with van der Waals surface area (Å²) in [6, 6.07) is 1.95. The third kappa shape index (κ3) is 2.87. The van der Waals surface area contributed by atoms with Gasteiger partial charge in [0.05, 0.1) is 17.3 Å². The van der Waals surface area contributed by atoms with Crippen LogP contribution in [-0.4, -0.2) is 35.9 Å². The largest absolute Gasteiger partial charge is 0.345 e. The number of hydrogen-bond acceptors (Lipinski definition) is 5. The Morgan fingerprint density at radius 2 is 2.17 bits per heavy atom. The molecule has 0 atom stereocenters. The van der Waals surface area contributed by atoms with Crippen molar-refractivity contribution < 1.29 is 4.79 Å². The van der Waals surface area contributed by atoms with Gasteiger partial charge in [0.25, 0.3) is 0 Å². The minimum Gasteiger partial charge on any atom is -0.345 e. The van der Waals surface area contributed by atoms with Crippen LogP contribution in [0.4, 0.5) is 0 Å². The van der Waals surface area contributed by atoms with Crippen LogP contribution in [-0.2, 0) is 13.6 Å². The fraction of sp³-hybridized carbons (Fsp3) is 0.294. The molecular formula is C17H19N5OS. The van der Waals surface area contributed by atoms with E-state index in [1.54, 1.807) is 10.9 Å². The first-order chi connectivity index (χ1) is 11.5. The maximum absolute atomic E-state index is 12.6. The molecule has 0 aliphatic heterocycles. The number of allylic oxidation sites excluding steroid dienone is 1. The first-order valence-corrected chi connectivity index (χ1v) is 8.57. The van der Waals surface area contributed by atoms with Gasteiger partial charge in [-0.25, -0.2) is 9.97 Å². The summed E-state index contributed by atoms with van der Waals surface area (Å²) in [4.78, 5) is 21.1. The van der Waals surface area contributed by atoms with Crippen LogP contribution < -0.4 is 0 Å². The van der Waals surface area contributed by atoms with Crippen molar-refractivity contribution in [3.05, 3.63) is 48.2 Å². The second-order valence-electron chi connectivity index (χ2n) is 5.58. The quantitative estimate of drug-likeness (QED) is 0.298. The van der Waals surface area contributed by atoms with Gasteiger partial charge in [0.15, 0.2) is 11.4 Å². The van der Waals surface area contributed by atoms with E-state index in [1.165, 1.54) is 18.1 Å². The number of aromatic nitrogens is 5. The van der Waals surface area contributed by atoms with Gasteiger partial charge in [-0.2, -0.15) is 5.10 Å². The Balaban J connectivity index is 1.80. The molecule has 0 aliphatic carbocycles. The van der Waals surface area contributed by atoms with E-state index in [0.29, 0.717) is 12.3 Å². The van der Waals surface area contributed by atoms with Crippen molar-refractivity contribution in [2.75, 3.05) is 5.75 Å². The van der Waals surface area contributed by atoms with Gasteiger partial charge in [-0.05, 0) is 19.9 Å². The van der Waals surface area contributed by atoms with Gasteiger partial charge in [-0.15, -0.1) is 6.58 Å². The third-order valence-electron chi connectivity index (χ3n) is 4.02. The lowest BCUT2D eigenvalue weighted by Gasteiger charge is -2.06. The summed E-state index contributed by atoms with van der Waals surface area (Å²) in [6.45, 7) is 8.45. The average Bonchev–Trinajstić information content (AvgIpc) is 3.08. The van der Waals surface area contributed by atoms with Crippen molar-refractivity contribution in [2.24, 2.45) is 7.05 Å². The Morgan fingerprint density at radius 3 is 2.92 bits per heavy atom. The number of ketones is 1.